The summed E-state index contributed by atoms with van der Waals surface area (Å²) in [5.74, 6) is 2.41. The summed E-state index contributed by atoms with van der Waals surface area (Å²) in [7, 11) is 0. The second kappa shape index (κ2) is 6.86. The molecule has 1 aromatic carbocycles. The normalized spacial score (nSPS) is 27.0. The van der Waals surface area contributed by atoms with Crippen LogP contribution in [0.3, 0.4) is 0 Å². The van der Waals surface area contributed by atoms with Crippen LogP contribution in [0.15, 0.2) is 24.3 Å². The Morgan fingerprint density at radius 3 is 2.48 bits per heavy atom. The van der Waals surface area contributed by atoms with Crippen LogP contribution in [0.25, 0.3) is 0 Å². The molecule has 3 heteroatoms. The van der Waals surface area contributed by atoms with Crippen LogP contribution in [0, 0.1) is 24.7 Å². The van der Waals surface area contributed by atoms with Crippen LogP contribution in [-0.2, 0) is 4.79 Å². The molecule has 4 atom stereocenters. The maximum absolute atomic E-state index is 12.1. The lowest BCUT2D eigenvalue weighted by Gasteiger charge is -2.28. The SMILES string of the molecule is Cc1ccc(C(=O)CCC(=O)NC(C)C2CC3CCC2C3)cc1. The molecule has 2 saturated carbocycles. The second-order valence-corrected chi connectivity index (χ2v) is 7.48. The quantitative estimate of drug-likeness (QED) is 0.810. The molecule has 0 heterocycles. The van der Waals surface area contributed by atoms with Gasteiger partial charge in [0.15, 0.2) is 5.78 Å². The summed E-state index contributed by atoms with van der Waals surface area (Å²) in [5.41, 5.74) is 1.84. The number of Topliss-reactive ketones (excluding diaryl/α,β-unsaturated/α-hetero) is 1. The van der Waals surface area contributed by atoms with Gasteiger partial charge in [0.05, 0.1) is 0 Å². The zero-order valence-electron chi connectivity index (χ0n) is 14.2. The van der Waals surface area contributed by atoms with E-state index in [1.165, 1.54) is 25.7 Å². The van der Waals surface area contributed by atoms with Gasteiger partial charge in [-0.15, -0.1) is 0 Å². The van der Waals surface area contributed by atoms with Crippen LogP contribution >= 0.6 is 0 Å². The summed E-state index contributed by atoms with van der Waals surface area (Å²) in [6, 6.07) is 7.79. The topological polar surface area (TPSA) is 46.2 Å². The fourth-order valence-corrected chi connectivity index (χ4v) is 4.45. The molecule has 1 N–H and O–H groups in total. The first-order chi connectivity index (χ1) is 11.0. The molecular weight excluding hydrogens is 286 g/mol. The maximum Gasteiger partial charge on any atom is 0.220 e. The van der Waals surface area contributed by atoms with Gasteiger partial charge in [0.1, 0.15) is 0 Å². The molecule has 2 fully saturated rings. The van der Waals surface area contributed by atoms with Gasteiger partial charge in [-0.2, -0.15) is 0 Å². The highest BCUT2D eigenvalue weighted by Gasteiger charge is 2.42. The lowest BCUT2D eigenvalue weighted by Crippen LogP contribution is -2.40. The van der Waals surface area contributed by atoms with Crippen LogP contribution in [0.1, 0.15) is 61.4 Å². The molecular formula is C20H27NO2. The van der Waals surface area contributed by atoms with Crippen molar-refractivity contribution < 1.29 is 9.59 Å². The number of fused-ring (bicyclic) bond motifs is 2. The Hall–Kier alpha value is -1.64. The molecule has 3 nitrogen and oxygen atoms in total. The molecule has 2 aliphatic rings. The molecule has 0 radical (unpaired) electrons. The van der Waals surface area contributed by atoms with Crippen LogP contribution in [0.2, 0.25) is 0 Å². The molecule has 0 aliphatic heterocycles. The van der Waals surface area contributed by atoms with Crippen molar-refractivity contribution in [3.63, 3.8) is 0 Å². The zero-order valence-corrected chi connectivity index (χ0v) is 14.2. The summed E-state index contributed by atoms with van der Waals surface area (Å²) in [5, 5.41) is 3.13. The highest BCUT2D eigenvalue weighted by atomic mass is 16.2. The standard InChI is InChI=1S/C20H27NO2/c1-13-3-6-16(7-4-13)19(22)9-10-20(23)21-14(2)18-12-15-5-8-17(18)11-15/h3-4,6-7,14-15,17-18H,5,8-12H2,1-2H3,(H,21,23). The first-order valence-electron chi connectivity index (χ1n) is 8.92. The molecule has 1 aromatic rings. The van der Waals surface area contributed by atoms with Crippen LogP contribution in [-0.4, -0.2) is 17.7 Å². The average Bonchev–Trinajstić information content (AvgIpc) is 3.16. The Kier molecular flexibility index (Phi) is 4.84. The Bertz CT molecular complexity index is 578. The van der Waals surface area contributed by atoms with Crippen molar-refractivity contribution in [2.24, 2.45) is 17.8 Å². The van der Waals surface area contributed by atoms with Gasteiger partial charge in [-0.3, -0.25) is 9.59 Å². The zero-order chi connectivity index (χ0) is 16.4. The number of aryl methyl sites for hydroxylation is 1. The third-order valence-corrected chi connectivity index (χ3v) is 5.78. The van der Waals surface area contributed by atoms with E-state index in [4.69, 9.17) is 0 Å². The predicted molar refractivity (Wildman–Crippen MR) is 91.3 cm³/mol. The molecule has 2 aliphatic carbocycles. The van der Waals surface area contributed by atoms with E-state index in [9.17, 15) is 9.59 Å². The summed E-state index contributed by atoms with van der Waals surface area (Å²) in [4.78, 5) is 24.3. The monoisotopic (exact) mass is 313 g/mol. The van der Waals surface area contributed by atoms with Gasteiger partial charge in [0, 0.05) is 24.4 Å². The number of rotatable bonds is 6. The minimum Gasteiger partial charge on any atom is -0.353 e. The van der Waals surface area contributed by atoms with Crippen LogP contribution in [0.5, 0.6) is 0 Å². The van der Waals surface area contributed by atoms with E-state index in [0.29, 0.717) is 17.9 Å². The van der Waals surface area contributed by atoms with Gasteiger partial charge in [0.25, 0.3) is 0 Å². The maximum atomic E-state index is 12.1. The van der Waals surface area contributed by atoms with Crippen LogP contribution < -0.4 is 5.32 Å². The van der Waals surface area contributed by atoms with Gasteiger partial charge in [-0.05, 0) is 50.9 Å². The fraction of sp³-hybridized carbons (Fsp3) is 0.600. The van der Waals surface area contributed by atoms with E-state index in [1.807, 2.05) is 31.2 Å². The van der Waals surface area contributed by atoms with Crippen molar-refractivity contribution in [1.29, 1.82) is 0 Å². The smallest absolute Gasteiger partial charge is 0.220 e. The molecule has 0 saturated heterocycles. The Labute approximate surface area is 138 Å². The van der Waals surface area contributed by atoms with Gasteiger partial charge in [-0.1, -0.05) is 36.2 Å². The number of carbonyl (C=O) groups is 2. The number of ketones is 1. The summed E-state index contributed by atoms with van der Waals surface area (Å²) in [6.07, 6.45) is 5.93. The Morgan fingerprint density at radius 2 is 1.87 bits per heavy atom. The molecule has 23 heavy (non-hydrogen) atoms. The lowest BCUT2D eigenvalue weighted by molar-refractivity contribution is -0.122. The first kappa shape index (κ1) is 16.2. The van der Waals surface area contributed by atoms with E-state index in [1.54, 1.807) is 0 Å². The number of hydrogen-bond acceptors (Lipinski definition) is 2. The minimum absolute atomic E-state index is 0.0146. The number of amides is 1. The minimum atomic E-state index is 0.0146. The largest absolute Gasteiger partial charge is 0.353 e. The number of hydrogen-bond donors (Lipinski definition) is 1. The van der Waals surface area contributed by atoms with Crippen molar-refractivity contribution in [1.82, 2.24) is 5.32 Å². The van der Waals surface area contributed by atoms with E-state index >= 15 is 0 Å². The third-order valence-electron chi connectivity index (χ3n) is 5.78. The Balaban J connectivity index is 1.44. The third kappa shape index (κ3) is 3.82. The second-order valence-electron chi connectivity index (χ2n) is 7.48. The Morgan fingerprint density at radius 1 is 1.13 bits per heavy atom. The molecule has 0 aromatic heterocycles. The first-order valence-corrected chi connectivity index (χ1v) is 8.92. The predicted octanol–water partition coefficient (Wildman–Crippen LogP) is 3.90. The van der Waals surface area contributed by atoms with Crippen molar-refractivity contribution >= 4 is 11.7 Å². The number of nitrogens with one attached hydrogen (secondary N) is 1. The van der Waals surface area contributed by atoms with Gasteiger partial charge >= 0.3 is 0 Å². The number of benzene rings is 1. The molecule has 124 valence electrons. The molecule has 4 unspecified atom stereocenters. The molecule has 2 bridgehead atoms. The summed E-state index contributed by atoms with van der Waals surface area (Å²) in [6.45, 7) is 4.13. The summed E-state index contributed by atoms with van der Waals surface area (Å²) < 4.78 is 0. The molecule has 1 amide bonds. The van der Waals surface area contributed by atoms with E-state index < -0.39 is 0 Å². The van der Waals surface area contributed by atoms with Crippen molar-refractivity contribution in [2.45, 2.75) is 58.4 Å². The highest BCUT2D eigenvalue weighted by Crippen LogP contribution is 2.49. The van der Waals surface area contributed by atoms with E-state index in [2.05, 4.69) is 12.2 Å². The van der Waals surface area contributed by atoms with Crippen molar-refractivity contribution in [2.75, 3.05) is 0 Å². The van der Waals surface area contributed by atoms with Gasteiger partial charge in [0.2, 0.25) is 5.91 Å². The molecule has 0 spiro atoms. The van der Waals surface area contributed by atoms with Gasteiger partial charge in [-0.25, -0.2) is 0 Å². The lowest BCUT2D eigenvalue weighted by atomic mass is 9.84. The average molecular weight is 313 g/mol. The highest BCUT2D eigenvalue weighted by molar-refractivity contribution is 5.97. The fourth-order valence-electron chi connectivity index (χ4n) is 4.45. The van der Waals surface area contributed by atoms with E-state index in [0.717, 1.165) is 17.4 Å². The van der Waals surface area contributed by atoms with Crippen molar-refractivity contribution in [3.05, 3.63) is 35.4 Å². The number of carbonyl (C=O) groups excluding carboxylic acids is 2. The van der Waals surface area contributed by atoms with Crippen molar-refractivity contribution in [3.8, 4) is 0 Å². The van der Waals surface area contributed by atoms with E-state index in [-0.39, 0.29) is 24.2 Å². The van der Waals surface area contributed by atoms with Gasteiger partial charge < -0.3 is 5.32 Å². The summed E-state index contributed by atoms with van der Waals surface area (Å²) >= 11 is 0. The van der Waals surface area contributed by atoms with Crippen LogP contribution in [0.4, 0.5) is 0 Å². The molecule has 3 rings (SSSR count).